The number of carbonyl (C=O) groups is 1. The summed E-state index contributed by atoms with van der Waals surface area (Å²) in [6.45, 7) is 3.25. The molecule has 1 amide bonds. The first-order valence-corrected chi connectivity index (χ1v) is 7.66. The third-order valence-corrected chi connectivity index (χ3v) is 3.42. The van der Waals surface area contributed by atoms with Gasteiger partial charge in [0.15, 0.2) is 0 Å². The zero-order valence-corrected chi connectivity index (χ0v) is 13.5. The van der Waals surface area contributed by atoms with Gasteiger partial charge in [-0.1, -0.05) is 12.1 Å². The number of pyridine rings is 1. The molecule has 1 aromatic heterocycles. The molecular weight excluding hydrogens is 330 g/mol. The van der Waals surface area contributed by atoms with E-state index in [9.17, 15) is 4.79 Å². The first-order chi connectivity index (χ1) is 10.2. The maximum absolute atomic E-state index is 11.5. The summed E-state index contributed by atoms with van der Waals surface area (Å²) in [7, 11) is 0. The number of benzene rings is 1. The van der Waals surface area contributed by atoms with Crippen molar-refractivity contribution in [3.63, 3.8) is 0 Å². The van der Waals surface area contributed by atoms with E-state index in [0.29, 0.717) is 19.5 Å². The minimum atomic E-state index is 0.0530. The van der Waals surface area contributed by atoms with Crippen LogP contribution in [0.3, 0.4) is 0 Å². The molecule has 0 radical (unpaired) electrons. The van der Waals surface area contributed by atoms with Crippen LogP contribution in [0.2, 0.25) is 0 Å². The van der Waals surface area contributed by atoms with E-state index < -0.39 is 0 Å². The van der Waals surface area contributed by atoms with Crippen LogP contribution < -0.4 is 10.6 Å². The first kappa shape index (κ1) is 15.5. The van der Waals surface area contributed by atoms with Gasteiger partial charge in [0.2, 0.25) is 5.91 Å². The standard InChI is InChI=1S/C16H18BrN3O/c1-2-18-16(21)9-12-3-6-14(7-4-12)20-11-15-8-5-13(17)10-19-15/h3-8,10,20H,2,9,11H2,1H3,(H,18,21). The molecule has 0 fully saturated rings. The van der Waals surface area contributed by atoms with Crippen LogP contribution in [0.4, 0.5) is 5.69 Å². The van der Waals surface area contributed by atoms with Crippen LogP contribution in [0, 0.1) is 0 Å². The fourth-order valence-corrected chi connectivity index (χ4v) is 2.12. The van der Waals surface area contributed by atoms with Crippen LogP contribution in [0.5, 0.6) is 0 Å². The van der Waals surface area contributed by atoms with Gasteiger partial charge in [-0.3, -0.25) is 9.78 Å². The number of carbonyl (C=O) groups excluding carboxylic acids is 1. The van der Waals surface area contributed by atoms with E-state index in [0.717, 1.165) is 21.4 Å². The van der Waals surface area contributed by atoms with Crippen LogP contribution in [0.15, 0.2) is 47.1 Å². The maximum atomic E-state index is 11.5. The van der Waals surface area contributed by atoms with Gasteiger partial charge in [-0.2, -0.15) is 0 Å². The number of aromatic nitrogens is 1. The molecule has 110 valence electrons. The highest BCUT2D eigenvalue weighted by Crippen LogP contribution is 2.12. The number of hydrogen-bond donors (Lipinski definition) is 2. The lowest BCUT2D eigenvalue weighted by Gasteiger charge is -2.07. The van der Waals surface area contributed by atoms with Gasteiger partial charge in [0.1, 0.15) is 0 Å². The summed E-state index contributed by atoms with van der Waals surface area (Å²) in [5, 5.41) is 6.10. The molecule has 0 bridgehead atoms. The van der Waals surface area contributed by atoms with Gasteiger partial charge in [0.05, 0.1) is 18.7 Å². The van der Waals surface area contributed by atoms with E-state index in [1.165, 1.54) is 0 Å². The molecule has 0 saturated carbocycles. The second-order valence-electron chi connectivity index (χ2n) is 4.65. The number of nitrogens with zero attached hydrogens (tertiary/aromatic N) is 1. The van der Waals surface area contributed by atoms with E-state index in [4.69, 9.17) is 0 Å². The normalized spacial score (nSPS) is 10.2. The Kier molecular flexibility index (Phi) is 5.75. The molecule has 2 N–H and O–H groups in total. The van der Waals surface area contributed by atoms with Gasteiger partial charge in [0, 0.05) is 22.9 Å². The van der Waals surface area contributed by atoms with Crippen molar-refractivity contribution in [1.29, 1.82) is 0 Å². The number of rotatable bonds is 6. The molecular formula is C16H18BrN3O. The number of nitrogens with one attached hydrogen (secondary N) is 2. The lowest BCUT2D eigenvalue weighted by atomic mass is 10.1. The minimum absolute atomic E-state index is 0.0530. The highest BCUT2D eigenvalue weighted by atomic mass is 79.9. The molecule has 2 rings (SSSR count). The zero-order chi connectivity index (χ0) is 15.1. The summed E-state index contributed by atoms with van der Waals surface area (Å²) in [4.78, 5) is 15.8. The molecule has 0 saturated heterocycles. The SMILES string of the molecule is CCNC(=O)Cc1ccc(NCc2ccc(Br)cn2)cc1. The average Bonchev–Trinajstić information content (AvgIpc) is 2.48. The Balaban J connectivity index is 1.87. The smallest absolute Gasteiger partial charge is 0.224 e. The van der Waals surface area contributed by atoms with Crippen LogP contribution in [0.1, 0.15) is 18.2 Å². The second kappa shape index (κ2) is 7.78. The summed E-state index contributed by atoms with van der Waals surface area (Å²) < 4.78 is 0.973. The number of anilines is 1. The lowest BCUT2D eigenvalue weighted by molar-refractivity contribution is -0.120. The molecule has 1 aromatic carbocycles. The van der Waals surface area contributed by atoms with E-state index >= 15 is 0 Å². The third kappa shape index (κ3) is 5.19. The van der Waals surface area contributed by atoms with Crippen molar-refractivity contribution in [3.8, 4) is 0 Å². The summed E-state index contributed by atoms with van der Waals surface area (Å²) in [5.74, 6) is 0.0530. The molecule has 0 atom stereocenters. The van der Waals surface area contributed by atoms with E-state index in [-0.39, 0.29) is 5.91 Å². The van der Waals surface area contributed by atoms with Crippen molar-refractivity contribution in [2.75, 3.05) is 11.9 Å². The Bertz CT molecular complexity index is 581. The Morgan fingerprint density at radius 2 is 1.95 bits per heavy atom. The quantitative estimate of drug-likeness (QED) is 0.843. The molecule has 21 heavy (non-hydrogen) atoms. The Hall–Kier alpha value is -1.88. The molecule has 5 heteroatoms. The predicted octanol–water partition coefficient (Wildman–Crippen LogP) is 3.13. The van der Waals surface area contributed by atoms with Crippen molar-refractivity contribution in [2.24, 2.45) is 0 Å². The minimum Gasteiger partial charge on any atom is -0.379 e. The molecule has 0 aliphatic rings. The van der Waals surface area contributed by atoms with Crippen molar-refractivity contribution >= 4 is 27.5 Å². The molecule has 4 nitrogen and oxygen atoms in total. The second-order valence-corrected chi connectivity index (χ2v) is 5.56. The van der Waals surface area contributed by atoms with Gasteiger partial charge in [-0.15, -0.1) is 0 Å². The topological polar surface area (TPSA) is 54.0 Å². The van der Waals surface area contributed by atoms with Crippen molar-refractivity contribution in [1.82, 2.24) is 10.3 Å². The highest BCUT2D eigenvalue weighted by molar-refractivity contribution is 9.10. The zero-order valence-electron chi connectivity index (χ0n) is 11.9. The number of hydrogen-bond acceptors (Lipinski definition) is 3. The predicted molar refractivity (Wildman–Crippen MR) is 88.1 cm³/mol. The van der Waals surface area contributed by atoms with Gasteiger partial charge >= 0.3 is 0 Å². The highest BCUT2D eigenvalue weighted by Gasteiger charge is 2.02. The molecule has 2 aromatic rings. The number of likely N-dealkylation sites (N-methyl/N-ethyl adjacent to an activating group) is 1. The number of halogens is 1. The Morgan fingerprint density at radius 3 is 2.57 bits per heavy atom. The Morgan fingerprint density at radius 1 is 1.19 bits per heavy atom. The van der Waals surface area contributed by atoms with E-state index in [1.807, 2.05) is 43.3 Å². The maximum Gasteiger partial charge on any atom is 0.224 e. The number of amides is 1. The van der Waals surface area contributed by atoms with Gasteiger partial charge < -0.3 is 10.6 Å². The summed E-state index contributed by atoms with van der Waals surface area (Å²) in [6.07, 6.45) is 2.20. The van der Waals surface area contributed by atoms with Gasteiger partial charge in [0.25, 0.3) is 0 Å². The van der Waals surface area contributed by atoms with E-state index in [1.54, 1.807) is 6.20 Å². The van der Waals surface area contributed by atoms with Crippen LogP contribution in [-0.2, 0) is 17.8 Å². The largest absolute Gasteiger partial charge is 0.379 e. The monoisotopic (exact) mass is 347 g/mol. The molecule has 1 heterocycles. The van der Waals surface area contributed by atoms with Crippen molar-refractivity contribution in [3.05, 3.63) is 58.3 Å². The average molecular weight is 348 g/mol. The van der Waals surface area contributed by atoms with Crippen LogP contribution in [-0.4, -0.2) is 17.4 Å². The van der Waals surface area contributed by atoms with Crippen LogP contribution in [0.25, 0.3) is 0 Å². The Labute approximate surface area is 133 Å². The van der Waals surface area contributed by atoms with Crippen molar-refractivity contribution < 1.29 is 4.79 Å². The third-order valence-electron chi connectivity index (χ3n) is 2.95. The molecule has 0 unspecified atom stereocenters. The summed E-state index contributed by atoms with van der Waals surface area (Å²) in [5.41, 5.74) is 3.00. The first-order valence-electron chi connectivity index (χ1n) is 6.87. The summed E-state index contributed by atoms with van der Waals surface area (Å²) >= 11 is 3.36. The summed E-state index contributed by atoms with van der Waals surface area (Å²) in [6, 6.07) is 11.8. The van der Waals surface area contributed by atoms with Gasteiger partial charge in [-0.25, -0.2) is 0 Å². The fraction of sp³-hybridized carbons (Fsp3) is 0.250. The molecule has 0 aliphatic heterocycles. The fourth-order valence-electron chi connectivity index (χ4n) is 1.89. The molecule has 0 spiro atoms. The van der Waals surface area contributed by atoms with Crippen molar-refractivity contribution in [2.45, 2.75) is 19.9 Å². The molecule has 0 aliphatic carbocycles. The van der Waals surface area contributed by atoms with Gasteiger partial charge in [-0.05, 0) is 52.7 Å². The van der Waals surface area contributed by atoms with E-state index in [2.05, 4.69) is 31.5 Å². The van der Waals surface area contributed by atoms with Crippen LogP contribution >= 0.6 is 15.9 Å². The lowest BCUT2D eigenvalue weighted by Crippen LogP contribution is -2.24.